The minimum atomic E-state index is -0.367. The van der Waals surface area contributed by atoms with Crippen LogP contribution in [0.4, 0.5) is 10.5 Å². The highest BCUT2D eigenvalue weighted by Crippen LogP contribution is 2.39. The van der Waals surface area contributed by atoms with E-state index in [1.54, 1.807) is 20.3 Å². The number of nitrogens with one attached hydrogen (secondary N) is 1. The summed E-state index contributed by atoms with van der Waals surface area (Å²) in [5, 5.41) is 1.94. The van der Waals surface area contributed by atoms with E-state index in [-0.39, 0.29) is 11.1 Å². The summed E-state index contributed by atoms with van der Waals surface area (Å²) in [5.41, 5.74) is 1.79. The number of anilines is 1. The van der Waals surface area contributed by atoms with Gasteiger partial charge in [0.25, 0.3) is 11.1 Å². The summed E-state index contributed by atoms with van der Waals surface area (Å²) < 4.78 is 10.9. The van der Waals surface area contributed by atoms with Gasteiger partial charge in [0.1, 0.15) is 0 Å². The van der Waals surface area contributed by atoms with E-state index in [4.69, 9.17) is 9.47 Å². The lowest BCUT2D eigenvalue weighted by molar-refractivity contribution is -0.115. The van der Waals surface area contributed by atoms with E-state index in [1.165, 1.54) is 0 Å². The second-order valence-electron chi connectivity index (χ2n) is 6.47. The smallest absolute Gasteiger partial charge is 0.290 e. The fourth-order valence-electron chi connectivity index (χ4n) is 3.22. The Kier molecular flexibility index (Phi) is 5.43. The lowest BCUT2D eigenvalue weighted by atomic mass is 10.1. The fourth-order valence-corrected chi connectivity index (χ4v) is 3.89. The van der Waals surface area contributed by atoms with E-state index in [0.29, 0.717) is 22.4 Å². The van der Waals surface area contributed by atoms with Crippen molar-refractivity contribution in [1.82, 2.24) is 10.2 Å². The Bertz CT molecular complexity index is 763. The van der Waals surface area contributed by atoms with E-state index < -0.39 is 0 Å². The number of ether oxygens (including phenoxy) is 2. The maximum Gasteiger partial charge on any atom is 0.290 e. The molecule has 2 aliphatic rings. The van der Waals surface area contributed by atoms with Crippen molar-refractivity contribution >= 4 is 34.7 Å². The van der Waals surface area contributed by atoms with Gasteiger partial charge in [-0.2, -0.15) is 0 Å². The number of carbonyl (C=O) groups is 2. The number of benzene rings is 1. The van der Waals surface area contributed by atoms with Crippen molar-refractivity contribution in [2.24, 2.45) is 0 Å². The number of amides is 2. The van der Waals surface area contributed by atoms with Crippen LogP contribution in [0.5, 0.6) is 11.5 Å². The van der Waals surface area contributed by atoms with Crippen LogP contribution in [0.2, 0.25) is 0 Å². The predicted octanol–water partition coefficient (Wildman–Crippen LogP) is 2.17. The number of rotatable bonds is 5. The Balaban J connectivity index is 2.03. The van der Waals surface area contributed by atoms with Gasteiger partial charge >= 0.3 is 0 Å². The third-order valence-corrected chi connectivity index (χ3v) is 5.51. The van der Waals surface area contributed by atoms with Crippen molar-refractivity contribution in [2.45, 2.75) is 12.5 Å². The molecule has 0 aliphatic carbocycles. The van der Waals surface area contributed by atoms with Crippen molar-refractivity contribution in [3.8, 4) is 11.5 Å². The molecule has 2 fully saturated rings. The van der Waals surface area contributed by atoms with Crippen LogP contribution in [-0.2, 0) is 4.79 Å². The summed E-state index contributed by atoms with van der Waals surface area (Å²) in [6, 6.07) is 4.25. The number of nitrogens with zero attached hydrogens (tertiary/aromatic N) is 2. The van der Waals surface area contributed by atoms with Crippen molar-refractivity contribution in [3.05, 3.63) is 22.6 Å². The zero-order valence-corrected chi connectivity index (χ0v) is 16.2. The third kappa shape index (κ3) is 3.66. The molecule has 7 nitrogen and oxygen atoms in total. The molecule has 3 rings (SSSR count). The average molecular weight is 377 g/mol. The Morgan fingerprint density at radius 2 is 1.92 bits per heavy atom. The lowest BCUT2D eigenvalue weighted by Crippen LogP contribution is -2.31. The Hall–Kier alpha value is -2.19. The average Bonchev–Trinajstić information content (AvgIpc) is 3.21. The number of hydrogen-bond acceptors (Lipinski definition) is 7. The van der Waals surface area contributed by atoms with Crippen LogP contribution in [0.25, 0.3) is 6.08 Å². The van der Waals surface area contributed by atoms with E-state index in [0.717, 1.165) is 42.5 Å². The van der Waals surface area contributed by atoms with Gasteiger partial charge in [0.05, 0.1) is 19.1 Å². The van der Waals surface area contributed by atoms with E-state index in [2.05, 4.69) is 29.2 Å². The first-order valence-corrected chi connectivity index (χ1v) is 9.16. The quantitative estimate of drug-likeness (QED) is 0.789. The Labute approximate surface area is 157 Å². The second-order valence-corrected chi connectivity index (χ2v) is 7.49. The van der Waals surface area contributed by atoms with Crippen molar-refractivity contribution < 1.29 is 19.1 Å². The molecule has 0 radical (unpaired) electrons. The molecule has 1 unspecified atom stereocenters. The highest BCUT2D eigenvalue weighted by molar-refractivity contribution is 8.18. The maximum atomic E-state index is 11.9. The maximum absolute atomic E-state index is 11.9. The number of likely N-dealkylation sites (N-methyl/N-ethyl adjacent to an activating group) is 1. The number of hydrogen-bond donors (Lipinski definition) is 1. The third-order valence-electron chi connectivity index (χ3n) is 4.70. The molecule has 140 valence electrons. The molecular weight excluding hydrogens is 354 g/mol. The topological polar surface area (TPSA) is 71.1 Å². The number of thioether (sulfide) groups is 1. The highest BCUT2D eigenvalue weighted by Gasteiger charge is 2.29. The molecule has 8 heteroatoms. The number of methoxy groups -OCH3 is 2. The van der Waals surface area contributed by atoms with E-state index in [9.17, 15) is 9.59 Å². The monoisotopic (exact) mass is 377 g/mol. The zero-order chi connectivity index (χ0) is 18.8. The molecule has 0 spiro atoms. The molecule has 26 heavy (non-hydrogen) atoms. The molecular formula is C18H23N3O4S. The summed E-state index contributed by atoms with van der Waals surface area (Å²) in [7, 11) is 7.34. The van der Waals surface area contributed by atoms with Crippen LogP contribution < -0.4 is 19.7 Å². The summed E-state index contributed by atoms with van der Waals surface area (Å²) >= 11 is 0.911. The summed E-state index contributed by atoms with van der Waals surface area (Å²) in [5.74, 6) is 0.854. The van der Waals surface area contributed by atoms with Crippen LogP contribution >= 0.6 is 11.8 Å². The highest BCUT2D eigenvalue weighted by atomic mass is 32.2. The van der Waals surface area contributed by atoms with Gasteiger partial charge in [0.15, 0.2) is 11.5 Å². The Morgan fingerprint density at radius 3 is 2.46 bits per heavy atom. The largest absolute Gasteiger partial charge is 0.493 e. The standard InChI is InChI=1S/C18H23N3O4S/c1-20(2)12-5-6-21(10-12)13-9-15(25-4)14(24-3)7-11(13)8-16-17(22)19-18(23)26-16/h7-9,12H,5-6,10H2,1-4H3,(H,19,22,23). The van der Waals surface area contributed by atoms with Gasteiger partial charge in [0.2, 0.25) is 0 Å². The van der Waals surface area contributed by atoms with Crippen LogP contribution in [0.15, 0.2) is 17.0 Å². The minimum Gasteiger partial charge on any atom is -0.493 e. The van der Waals surface area contributed by atoms with Gasteiger partial charge in [0, 0.05) is 36.4 Å². The lowest BCUT2D eigenvalue weighted by Gasteiger charge is -2.24. The summed E-state index contributed by atoms with van der Waals surface area (Å²) in [4.78, 5) is 28.3. The molecule has 2 heterocycles. The Morgan fingerprint density at radius 1 is 1.23 bits per heavy atom. The van der Waals surface area contributed by atoms with Crippen LogP contribution in [0.3, 0.4) is 0 Å². The van der Waals surface area contributed by atoms with E-state index in [1.807, 2.05) is 12.1 Å². The van der Waals surface area contributed by atoms with Gasteiger partial charge in [-0.15, -0.1) is 0 Å². The number of carbonyl (C=O) groups excluding carboxylic acids is 2. The van der Waals surface area contributed by atoms with Crippen molar-refractivity contribution in [3.63, 3.8) is 0 Å². The first-order chi connectivity index (χ1) is 12.4. The van der Waals surface area contributed by atoms with Gasteiger partial charge in [-0.05, 0) is 44.4 Å². The van der Waals surface area contributed by atoms with Crippen LogP contribution in [0.1, 0.15) is 12.0 Å². The van der Waals surface area contributed by atoms with E-state index >= 15 is 0 Å². The van der Waals surface area contributed by atoms with Gasteiger partial charge in [-0.25, -0.2) is 0 Å². The summed E-state index contributed by atoms with van der Waals surface area (Å²) in [6.45, 7) is 1.80. The van der Waals surface area contributed by atoms with Gasteiger partial charge in [-0.1, -0.05) is 0 Å². The molecule has 1 aromatic rings. The minimum absolute atomic E-state index is 0.350. The first kappa shape index (κ1) is 18.6. The number of imide groups is 1. The van der Waals surface area contributed by atoms with Gasteiger partial charge < -0.3 is 19.3 Å². The molecule has 2 aliphatic heterocycles. The second kappa shape index (κ2) is 7.59. The molecule has 0 saturated carbocycles. The zero-order valence-electron chi connectivity index (χ0n) is 15.4. The van der Waals surface area contributed by atoms with Crippen LogP contribution in [0, 0.1) is 0 Å². The first-order valence-electron chi connectivity index (χ1n) is 8.35. The fraction of sp³-hybridized carbons (Fsp3) is 0.444. The molecule has 2 amide bonds. The molecule has 1 atom stereocenters. The molecule has 0 aromatic heterocycles. The van der Waals surface area contributed by atoms with Gasteiger partial charge in [-0.3, -0.25) is 14.9 Å². The SMILES string of the molecule is COc1cc(C=C2SC(=O)NC2=O)c(N2CCC(N(C)C)C2)cc1OC. The molecule has 0 bridgehead atoms. The summed E-state index contributed by atoms with van der Waals surface area (Å²) in [6.07, 6.45) is 2.80. The molecule has 1 aromatic carbocycles. The van der Waals surface area contributed by atoms with Crippen LogP contribution in [-0.4, -0.2) is 63.5 Å². The molecule has 2 saturated heterocycles. The van der Waals surface area contributed by atoms with Crippen molar-refractivity contribution in [1.29, 1.82) is 0 Å². The molecule has 1 N–H and O–H groups in total. The predicted molar refractivity (Wildman–Crippen MR) is 103 cm³/mol. The normalized spacial score (nSPS) is 21.7. The van der Waals surface area contributed by atoms with Crippen molar-refractivity contribution in [2.75, 3.05) is 46.3 Å².